The Hall–Kier alpha value is -1.90. The van der Waals surface area contributed by atoms with Gasteiger partial charge in [0, 0.05) is 5.56 Å². The maximum atomic E-state index is 11.6. The van der Waals surface area contributed by atoms with Crippen molar-refractivity contribution < 1.29 is 4.79 Å². The smallest absolute Gasteiger partial charge is 0.210 e. The van der Waals surface area contributed by atoms with Gasteiger partial charge in [-0.1, -0.05) is 85.7 Å². The third kappa shape index (κ3) is 10.5. The first-order valence-electron chi connectivity index (χ1n) is 7.96. The fourth-order valence-corrected chi connectivity index (χ4v) is 1.13. The van der Waals surface area contributed by atoms with E-state index in [0.29, 0.717) is 11.3 Å². The van der Waals surface area contributed by atoms with Crippen LogP contribution in [0.1, 0.15) is 71.4 Å². The predicted molar refractivity (Wildman–Crippen MR) is 93.9 cm³/mol. The number of aromatic nitrogens is 2. The zero-order valence-electron chi connectivity index (χ0n) is 14.9. The number of hydrogen-bond acceptors (Lipinski definition) is 2. The van der Waals surface area contributed by atoms with E-state index in [1.165, 1.54) is 12.5 Å². The monoisotopic (exact) mass is 292 g/mol. The second-order valence-corrected chi connectivity index (χ2v) is 2.66. The van der Waals surface area contributed by atoms with E-state index >= 15 is 0 Å². The SMILES string of the molecule is CC.CC.CC.CC.O=C(c1ccccc1)c1cnc[nH]1. The third-order valence-electron chi connectivity index (χ3n) is 1.78. The first-order chi connectivity index (χ1) is 10.4. The van der Waals surface area contributed by atoms with Gasteiger partial charge in [-0.2, -0.15) is 0 Å². The number of ketones is 1. The van der Waals surface area contributed by atoms with Gasteiger partial charge >= 0.3 is 0 Å². The van der Waals surface area contributed by atoms with Crippen molar-refractivity contribution in [1.82, 2.24) is 9.97 Å². The lowest BCUT2D eigenvalue weighted by Crippen LogP contribution is -2.00. The summed E-state index contributed by atoms with van der Waals surface area (Å²) >= 11 is 0. The molecule has 0 fully saturated rings. The summed E-state index contributed by atoms with van der Waals surface area (Å²) in [6.45, 7) is 16.0. The summed E-state index contributed by atoms with van der Waals surface area (Å²) in [7, 11) is 0. The topological polar surface area (TPSA) is 45.8 Å². The van der Waals surface area contributed by atoms with Crippen LogP contribution in [0.2, 0.25) is 0 Å². The Balaban J connectivity index is -0.000000353. The minimum Gasteiger partial charge on any atom is -0.342 e. The molecule has 1 heterocycles. The Labute approximate surface area is 130 Å². The molecule has 0 atom stereocenters. The van der Waals surface area contributed by atoms with Crippen LogP contribution in [-0.2, 0) is 0 Å². The van der Waals surface area contributed by atoms with Crippen molar-refractivity contribution in [2.24, 2.45) is 0 Å². The first kappa shape index (κ1) is 24.1. The van der Waals surface area contributed by atoms with Crippen molar-refractivity contribution in [1.29, 1.82) is 0 Å². The summed E-state index contributed by atoms with van der Waals surface area (Å²) in [5.74, 6) is -0.0295. The molecule has 1 aromatic carbocycles. The van der Waals surface area contributed by atoms with Crippen LogP contribution in [0, 0.1) is 0 Å². The Morgan fingerprint density at radius 3 is 1.71 bits per heavy atom. The number of carbonyl (C=O) groups is 1. The Kier molecular flexibility index (Phi) is 23.5. The highest BCUT2D eigenvalue weighted by atomic mass is 16.1. The molecule has 0 aliphatic rings. The number of carbonyl (C=O) groups excluding carboxylic acids is 1. The minimum atomic E-state index is -0.0295. The van der Waals surface area contributed by atoms with Crippen LogP contribution in [-0.4, -0.2) is 15.8 Å². The van der Waals surface area contributed by atoms with Crippen LogP contribution in [0.3, 0.4) is 0 Å². The number of aromatic amines is 1. The minimum absolute atomic E-state index is 0.0295. The fourth-order valence-electron chi connectivity index (χ4n) is 1.13. The molecule has 0 spiro atoms. The molecule has 21 heavy (non-hydrogen) atoms. The summed E-state index contributed by atoms with van der Waals surface area (Å²) in [6, 6.07) is 9.11. The van der Waals surface area contributed by atoms with E-state index in [1.54, 1.807) is 12.1 Å². The van der Waals surface area contributed by atoms with Crippen molar-refractivity contribution in [3.8, 4) is 0 Å². The number of benzene rings is 1. The average molecular weight is 292 g/mol. The molecule has 3 nitrogen and oxygen atoms in total. The molecule has 0 aliphatic carbocycles. The third-order valence-corrected chi connectivity index (χ3v) is 1.78. The summed E-state index contributed by atoms with van der Waals surface area (Å²) < 4.78 is 0. The van der Waals surface area contributed by atoms with E-state index in [-0.39, 0.29) is 5.78 Å². The van der Waals surface area contributed by atoms with Gasteiger partial charge in [0.2, 0.25) is 5.78 Å². The first-order valence-corrected chi connectivity index (χ1v) is 7.96. The Bertz CT molecular complexity index is 394. The van der Waals surface area contributed by atoms with Gasteiger partial charge in [0.1, 0.15) is 5.69 Å². The van der Waals surface area contributed by atoms with Crippen LogP contribution in [0.5, 0.6) is 0 Å². The second-order valence-electron chi connectivity index (χ2n) is 2.66. The molecule has 1 aromatic heterocycles. The van der Waals surface area contributed by atoms with E-state index in [4.69, 9.17) is 0 Å². The maximum absolute atomic E-state index is 11.6. The number of hydrogen-bond donors (Lipinski definition) is 1. The number of nitrogens with one attached hydrogen (secondary N) is 1. The molecule has 0 aliphatic heterocycles. The summed E-state index contributed by atoms with van der Waals surface area (Å²) in [5.41, 5.74) is 1.19. The van der Waals surface area contributed by atoms with Crippen LogP contribution < -0.4 is 0 Å². The summed E-state index contributed by atoms with van der Waals surface area (Å²) in [6.07, 6.45) is 3.02. The standard InChI is InChI=1S/C10H8N2O.4C2H6/c13-10(9-6-11-7-12-9)8-4-2-1-3-5-8;4*1-2/h1-7H,(H,11,12);4*1-2H3. The second kappa shape index (κ2) is 20.4. The van der Waals surface area contributed by atoms with E-state index < -0.39 is 0 Å². The summed E-state index contributed by atoms with van der Waals surface area (Å²) in [4.78, 5) is 18.2. The Morgan fingerprint density at radius 1 is 0.857 bits per heavy atom. The van der Waals surface area contributed by atoms with Crippen LogP contribution in [0.4, 0.5) is 0 Å². The lowest BCUT2D eigenvalue weighted by molar-refractivity contribution is 0.103. The molecule has 0 radical (unpaired) electrons. The lowest BCUT2D eigenvalue weighted by atomic mass is 10.1. The highest BCUT2D eigenvalue weighted by Crippen LogP contribution is 2.05. The number of nitrogens with zero attached hydrogens (tertiary/aromatic N) is 1. The van der Waals surface area contributed by atoms with Crippen molar-refractivity contribution >= 4 is 5.78 Å². The van der Waals surface area contributed by atoms with E-state index in [9.17, 15) is 4.79 Å². The highest BCUT2D eigenvalue weighted by molar-refractivity contribution is 6.07. The number of rotatable bonds is 2. The van der Waals surface area contributed by atoms with Gasteiger partial charge in [-0.15, -0.1) is 0 Å². The largest absolute Gasteiger partial charge is 0.342 e. The lowest BCUT2D eigenvalue weighted by Gasteiger charge is -1.95. The number of imidazole rings is 1. The van der Waals surface area contributed by atoms with Crippen LogP contribution in [0.15, 0.2) is 42.9 Å². The molecule has 2 aromatic rings. The Morgan fingerprint density at radius 2 is 1.33 bits per heavy atom. The van der Waals surface area contributed by atoms with Crippen molar-refractivity contribution in [3.05, 3.63) is 54.1 Å². The molecule has 0 amide bonds. The van der Waals surface area contributed by atoms with Crippen LogP contribution in [0.25, 0.3) is 0 Å². The summed E-state index contributed by atoms with van der Waals surface area (Å²) in [5, 5.41) is 0. The molecule has 0 saturated carbocycles. The zero-order chi connectivity index (χ0) is 17.1. The van der Waals surface area contributed by atoms with Crippen molar-refractivity contribution in [3.63, 3.8) is 0 Å². The van der Waals surface area contributed by atoms with E-state index in [2.05, 4.69) is 9.97 Å². The predicted octanol–water partition coefficient (Wildman–Crippen LogP) is 5.75. The van der Waals surface area contributed by atoms with Crippen molar-refractivity contribution in [2.45, 2.75) is 55.4 Å². The molecule has 3 heteroatoms. The van der Waals surface area contributed by atoms with Gasteiger partial charge in [-0.3, -0.25) is 4.79 Å². The van der Waals surface area contributed by atoms with Gasteiger partial charge in [-0.05, 0) is 0 Å². The molecular weight excluding hydrogens is 260 g/mol. The molecule has 0 saturated heterocycles. The van der Waals surface area contributed by atoms with E-state index in [0.717, 1.165) is 0 Å². The highest BCUT2D eigenvalue weighted by Gasteiger charge is 2.08. The molecule has 0 unspecified atom stereocenters. The molecule has 0 bridgehead atoms. The maximum Gasteiger partial charge on any atom is 0.210 e. The molecule has 2 rings (SSSR count). The van der Waals surface area contributed by atoms with Crippen molar-refractivity contribution in [2.75, 3.05) is 0 Å². The average Bonchev–Trinajstić information content (AvgIpc) is 3.17. The molecule has 120 valence electrons. The molecule has 1 N–H and O–H groups in total. The van der Waals surface area contributed by atoms with Gasteiger partial charge in [0.05, 0.1) is 12.5 Å². The quantitative estimate of drug-likeness (QED) is 0.717. The van der Waals surface area contributed by atoms with Gasteiger partial charge in [-0.25, -0.2) is 4.98 Å². The fraction of sp³-hybridized carbons (Fsp3) is 0.444. The van der Waals surface area contributed by atoms with Gasteiger partial charge in [0.15, 0.2) is 0 Å². The normalized spacial score (nSPS) is 7.24. The van der Waals surface area contributed by atoms with Crippen LogP contribution >= 0.6 is 0 Å². The molecular formula is C18H32N2O. The number of H-pyrrole nitrogens is 1. The zero-order valence-corrected chi connectivity index (χ0v) is 14.9. The van der Waals surface area contributed by atoms with Gasteiger partial charge in [0.25, 0.3) is 0 Å². The van der Waals surface area contributed by atoms with E-state index in [1.807, 2.05) is 73.6 Å². The van der Waals surface area contributed by atoms with Gasteiger partial charge < -0.3 is 4.98 Å².